The number of carbonyl (C=O) groups excluding carboxylic acids is 1. The van der Waals surface area contributed by atoms with Crippen LogP contribution in [0.3, 0.4) is 0 Å². The summed E-state index contributed by atoms with van der Waals surface area (Å²) in [5.41, 5.74) is 2.24. The van der Waals surface area contributed by atoms with Gasteiger partial charge in [-0.1, -0.05) is 13.0 Å². The fraction of sp³-hybridized carbons (Fsp3) is 0.333. The van der Waals surface area contributed by atoms with Crippen molar-refractivity contribution in [3.05, 3.63) is 52.6 Å². The molecule has 0 unspecified atom stereocenters. The molecule has 1 aromatic carbocycles. The molecule has 0 fully saturated rings. The molecule has 0 aliphatic rings. The number of aliphatic hydroxyl groups excluding tert-OH is 1. The largest absolute Gasteiger partial charge is 0.392 e. The van der Waals surface area contributed by atoms with Gasteiger partial charge in [-0.15, -0.1) is 0 Å². The van der Waals surface area contributed by atoms with Crippen molar-refractivity contribution in [1.82, 2.24) is 15.1 Å². The zero-order chi connectivity index (χ0) is 15.4. The van der Waals surface area contributed by atoms with Crippen LogP contribution in [0, 0.1) is 5.82 Å². The Bertz CT molecular complexity index is 652. The van der Waals surface area contributed by atoms with Crippen LogP contribution < -0.4 is 5.32 Å². The Labute approximate surface area is 122 Å². The molecule has 0 saturated heterocycles. The molecule has 112 valence electrons. The average Bonchev–Trinajstić information content (AvgIpc) is 2.87. The molecule has 0 spiro atoms. The minimum Gasteiger partial charge on any atom is -0.392 e. The predicted molar refractivity (Wildman–Crippen MR) is 76.1 cm³/mol. The van der Waals surface area contributed by atoms with Gasteiger partial charge in [0.25, 0.3) is 5.91 Å². The SMILES string of the molecule is CCc1nn(C)cc1C(=O)NCc1ccc(F)c(CO)c1. The minimum atomic E-state index is -0.451. The number of rotatable bonds is 5. The molecule has 0 aliphatic carbocycles. The van der Waals surface area contributed by atoms with Gasteiger partial charge in [-0.2, -0.15) is 5.10 Å². The van der Waals surface area contributed by atoms with Gasteiger partial charge < -0.3 is 10.4 Å². The molecule has 2 N–H and O–H groups in total. The maximum atomic E-state index is 13.3. The first-order chi connectivity index (χ1) is 10.0. The molecule has 1 aromatic heterocycles. The van der Waals surface area contributed by atoms with Gasteiger partial charge >= 0.3 is 0 Å². The quantitative estimate of drug-likeness (QED) is 0.878. The van der Waals surface area contributed by atoms with Crippen LogP contribution in [-0.4, -0.2) is 20.8 Å². The lowest BCUT2D eigenvalue weighted by atomic mass is 10.1. The molecule has 0 aliphatic heterocycles. The molecule has 6 heteroatoms. The Morgan fingerprint density at radius 1 is 1.48 bits per heavy atom. The second-order valence-electron chi connectivity index (χ2n) is 4.78. The predicted octanol–water partition coefficient (Wildman–Crippen LogP) is 1.54. The van der Waals surface area contributed by atoms with Crippen LogP contribution >= 0.6 is 0 Å². The van der Waals surface area contributed by atoms with Crippen molar-refractivity contribution in [2.24, 2.45) is 7.05 Å². The summed E-state index contributed by atoms with van der Waals surface area (Å²) in [6, 6.07) is 4.41. The number of benzene rings is 1. The van der Waals surface area contributed by atoms with Crippen LogP contribution in [0.1, 0.15) is 34.1 Å². The minimum absolute atomic E-state index is 0.213. The molecule has 0 bridgehead atoms. The van der Waals surface area contributed by atoms with E-state index in [1.807, 2.05) is 6.92 Å². The summed E-state index contributed by atoms with van der Waals surface area (Å²) in [5, 5.41) is 16.0. The maximum absolute atomic E-state index is 13.3. The number of hydrogen-bond acceptors (Lipinski definition) is 3. The number of aromatic nitrogens is 2. The second kappa shape index (κ2) is 6.49. The van der Waals surface area contributed by atoms with Gasteiger partial charge in [0.2, 0.25) is 0 Å². The molecular formula is C15H18FN3O2. The van der Waals surface area contributed by atoms with Crippen LogP contribution in [0.25, 0.3) is 0 Å². The third-order valence-electron chi connectivity index (χ3n) is 3.22. The fourth-order valence-electron chi connectivity index (χ4n) is 2.12. The Kier molecular flexibility index (Phi) is 4.70. The first-order valence-electron chi connectivity index (χ1n) is 6.74. The van der Waals surface area contributed by atoms with Gasteiger partial charge in [0.05, 0.1) is 17.9 Å². The molecule has 2 rings (SSSR count). The zero-order valence-corrected chi connectivity index (χ0v) is 12.1. The van der Waals surface area contributed by atoms with Gasteiger partial charge in [0.15, 0.2) is 0 Å². The average molecular weight is 291 g/mol. The third-order valence-corrected chi connectivity index (χ3v) is 3.22. The molecule has 1 amide bonds. The van der Waals surface area contributed by atoms with Crippen LogP contribution in [0.2, 0.25) is 0 Å². The fourth-order valence-corrected chi connectivity index (χ4v) is 2.12. The number of hydrogen-bond donors (Lipinski definition) is 2. The number of nitrogens with one attached hydrogen (secondary N) is 1. The van der Waals surface area contributed by atoms with Crippen molar-refractivity contribution in [3.63, 3.8) is 0 Å². The molecule has 0 radical (unpaired) electrons. The lowest BCUT2D eigenvalue weighted by Gasteiger charge is -2.07. The summed E-state index contributed by atoms with van der Waals surface area (Å²) in [5.74, 6) is -0.664. The molecule has 2 aromatic rings. The number of aryl methyl sites for hydroxylation is 2. The Morgan fingerprint density at radius 2 is 2.24 bits per heavy atom. The number of carbonyl (C=O) groups is 1. The summed E-state index contributed by atoms with van der Waals surface area (Å²) in [6.07, 6.45) is 2.35. The van der Waals surface area contributed by atoms with E-state index in [0.29, 0.717) is 12.0 Å². The van der Waals surface area contributed by atoms with Gasteiger partial charge in [-0.3, -0.25) is 9.48 Å². The van der Waals surface area contributed by atoms with Crippen molar-refractivity contribution >= 4 is 5.91 Å². The van der Waals surface area contributed by atoms with E-state index in [-0.39, 0.29) is 24.6 Å². The Balaban J connectivity index is 2.07. The van der Waals surface area contributed by atoms with E-state index in [0.717, 1.165) is 11.3 Å². The van der Waals surface area contributed by atoms with Crippen molar-refractivity contribution < 1.29 is 14.3 Å². The highest BCUT2D eigenvalue weighted by atomic mass is 19.1. The normalized spacial score (nSPS) is 10.7. The van der Waals surface area contributed by atoms with E-state index in [4.69, 9.17) is 5.11 Å². The number of amides is 1. The lowest BCUT2D eigenvalue weighted by Crippen LogP contribution is -2.23. The molecular weight excluding hydrogens is 273 g/mol. The van der Waals surface area contributed by atoms with Crippen LogP contribution in [-0.2, 0) is 26.6 Å². The van der Waals surface area contributed by atoms with Crippen LogP contribution in [0.5, 0.6) is 0 Å². The van der Waals surface area contributed by atoms with Crippen molar-refractivity contribution in [2.75, 3.05) is 0 Å². The van der Waals surface area contributed by atoms with E-state index in [1.54, 1.807) is 30.1 Å². The summed E-state index contributed by atoms with van der Waals surface area (Å²) < 4.78 is 14.9. The molecule has 1 heterocycles. The lowest BCUT2D eigenvalue weighted by molar-refractivity contribution is 0.0950. The van der Waals surface area contributed by atoms with E-state index in [9.17, 15) is 9.18 Å². The zero-order valence-electron chi connectivity index (χ0n) is 12.1. The van der Waals surface area contributed by atoms with Gasteiger partial charge in [-0.05, 0) is 24.1 Å². The summed E-state index contributed by atoms with van der Waals surface area (Å²) >= 11 is 0. The summed E-state index contributed by atoms with van der Waals surface area (Å²) in [7, 11) is 1.77. The Hall–Kier alpha value is -2.21. The van der Waals surface area contributed by atoms with Crippen molar-refractivity contribution in [1.29, 1.82) is 0 Å². The standard InChI is InChI=1S/C15H18FN3O2/c1-3-14-12(8-19(2)18-14)15(21)17-7-10-4-5-13(16)11(6-10)9-20/h4-6,8,20H,3,7,9H2,1-2H3,(H,17,21). The highest BCUT2D eigenvalue weighted by Crippen LogP contribution is 2.11. The first kappa shape index (κ1) is 15.2. The summed E-state index contributed by atoms with van der Waals surface area (Å²) in [4.78, 5) is 12.1. The van der Waals surface area contributed by atoms with Gasteiger partial charge in [-0.25, -0.2) is 4.39 Å². The van der Waals surface area contributed by atoms with Gasteiger partial charge in [0.1, 0.15) is 5.82 Å². The number of halogens is 1. The Morgan fingerprint density at radius 3 is 2.90 bits per heavy atom. The van der Waals surface area contributed by atoms with Gasteiger partial charge in [0, 0.05) is 25.4 Å². The third kappa shape index (κ3) is 3.46. The van der Waals surface area contributed by atoms with Crippen LogP contribution in [0.4, 0.5) is 4.39 Å². The van der Waals surface area contributed by atoms with Crippen LogP contribution in [0.15, 0.2) is 24.4 Å². The van der Waals surface area contributed by atoms with E-state index in [2.05, 4.69) is 10.4 Å². The molecule has 0 atom stereocenters. The van der Waals surface area contributed by atoms with Crippen molar-refractivity contribution in [2.45, 2.75) is 26.5 Å². The molecule has 21 heavy (non-hydrogen) atoms. The van der Waals surface area contributed by atoms with Crippen molar-refractivity contribution in [3.8, 4) is 0 Å². The topological polar surface area (TPSA) is 67.2 Å². The molecule has 5 nitrogen and oxygen atoms in total. The second-order valence-corrected chi connectivity index (χ2v) is 4.78. The van der Waals surface area contributed by atoms with E-state index < -0.39 is 5.82 Å². The monoisotopic (exact) mass is 291 g/mol. The highest BCUT2D eigenvalue weighted by molar-refractivity contribution is 5.95. The molecule has 0 saturated carbocycles. The number of aliphatic hydroxyl groups is 1. The van der Waals surface area contributed by atoms with E-state index >= 15 is 0 Å². The number of nitrogens with zero attached hydrogens (tertiary/aromatic N) is 2. The van der Waals surface area contributed by atoms with E-state index in [1.165, 1.54) is 6.07 Å². The maximum Gasteiger partial charge on any atom is 0.255 e. The summed E-state index contributed by atoms with van der Waals surface area (Å²) in [6.45, 7) is 1.84. The smallest absolute Gasteiger partial charge is 0.255 e. The highest BCUT2D eigenvalue weighted by Gasteiger charge is 2.14. The first-order valence-corrected chi connectivity index (χ1v) is 6.74.